The predicted molar refractivity (Wildman–Crippen MR) is 102 cm³/mol. The standard InChI is InChI=1S/C22H25NO3/c1-15-7-8-16(2)20(11-15)23-21(24)14-26-22(25)13-17-9-10-18-5-3-4-6-19(18)12-17/h7-12H,3-6,13-14H2,1-2H3,(H,23,24). The van der Waals surface area contributed by atoms with Crippen LogP contribution in [0.5, 0.6) is 0 Å². The molecule has 2 aromatic rings. The number of rotatable bonds is 5. The number of ether oxygens (including phenoxy) is 1. The Morgan fingerprint density at radius 1 is 1.00 bits per heavy atom. The summed E-state index contributed by atoms with van der Waals surface area (Å²) in [5.41, 5.74) is 6.47. The van der Waals surface area contributed by atoms with Crippen LogP contribution in [-0.4, -0.2) is 18.5 Å². The average molecular weight is 351 g/mol. The fraction of sp³-hybridized carbons (Fsp3) is 0.364. The highest BCUT2D eigenvalue weighted by atomic mass is 16.5. The topological polar surface area (TPSA) is 55.4 Å². The van der Waals surface area contributed by atoms with Gasteiger partial charge in [0, 0.05) is 5.69 Å². The maximum Gasteiger partial charge on any atom is 0.310 e. The van der Waals surface area contributed by atoms with E-state index in [1.165, 1.54) is 24.0 Å². The van der Waals surface area contributed by atoms with E-state index in [-0.39, 0.29) is 24.9 Å². The minimum absolute atomic E-state index is 0.198. The summed E-state index contributed by atoms with van der Waals surface area (Å²) in [4.78, 5) is 24.1. The Hall–Kier alpha value is -2.62. The summed E-state index contributed by atoms with van der Waals surface area (Å²) < 4.78 is 5.14. The van der Waals surface area contributed by atoms with Crippen LogP contribution in [-0.2, 0) is 33.6 Å². The Kier molecular flexibility index (Phi) is 5.71. The smallest absolute Gasteiger partial charge is 0.310 e. The molecule has 0 aliphatic heterocycles. The molecule has 2 aromatic carbocycles. The third-order valence-electron chi connectivity index (χ3n) is 4.79. The first-order valence-corrected chi connectivity index (χ1v) is 9.14. The van der Waals surface area contributed by atoms with Gasteiger partial charge in [0.15, 0.2) is 6.61 Å². The second-order valence-electron chi connectivity index (χ2n) is 7.01. The second kappa shape index (κ2) is 8.17. The zero-order valence-corrected chi connectivity index (χ0v) is 15.4. The van der Waals surface area contributed by atoms with Gasteiger partial charge in [-0.3, -0.25) is 9.59 Å². The van der Waals surface area contributed by atoms with Crippen LogP contribution >= 0.6 is 0 Å². The molecule has 0 atom stereocenters. The molecule has 3 rings (SSSR count). The molecular formula is C22H25NO3. The Morgan fingerprint density at radius 2 is 1.77 bits per heavy atom. The quantitative estimate of drug-likeness (QED) is 0.831. The van der Waals surface area contributed by atoms with E-state index in [1.807, 2.05) is 38.1 Å². The van der Waals surface area contributed by atoms with Crippen LogP contribution in [0.2, 0.25) is 0 Å². The highest BCUT2D eigenvalue weighted by Gasteiger charge is 2.13. The number of hydrogen-bond donors (Lipinski definition) is 1. The van der Waals surface area contributed by atoms with Gasteiger partial charge in [0.05, 0.1) is 6.42 Å². The minimum atomic E-state index is -0.378. The number of carbonyl (C=O) groups is 2. The number of amides is 1. The van der Waals surface area contributed by atoms with Crippen molar-refractivity contribution in [3.05, 3.63) is 64.2 Å². The fourth-order valence-corrected chi connectivity index (χ4v) is 3.32. The number of aryl methyl sites for hydroxylation is 4. The highest BCUT2D eigenvalue weighted by molar-refractivity contribution is 5.93. The van der Waals surface area contributed by atoms with Crippen molar-refractivity contribution < 1.29 is 14.3 Å². The van der Waals surface area contributed by atoms with E-state index in [0.717, 1.165) is 35.2 Å². The monoisotopic (exact) mass is 351 g/mol. The van der Waals surface area contributed by atoms with Gasteiger partial charge in [0.25, 0.3) is 5.91 Å². The largest absolute Gasteiger partial charge is 0.455 e. The zero-order valence-electron chi connectivity index (χ0n) is 15.4. The Morgan fingerprint density at radius 3 is 2.58 bits per heavy atom. The molecular weight excluding hydrogens is 326 g/mol. The molecule has 0 spiro atoms. The Bertz CT molecular complexity index is 826. The number of esters is 1. The lowest BCUT2D eigenvalue weighted by atomic mass is 9.90. The molecule has 0 fully saturated rings. The summed E-state index contributed by atoms with van der Waals surface area (Å²) >= 11 is 0. The van der Waals surface area contributed by atoms with E-state index in [9.17, 15) is 9.59 Å². The van der Waals surface area contributed by atoms with Crippen molar-refractivity contribution in [1.29, 1.82) is 0 Å². The number of hydrogen-bond acceptors (Lipinski definition) is 3. The molecule has 4 heteroatoms. The number of benzene rings is 2. The number of fused-ring (bicyclic) bond motifs is 1. The summed E-state index contributed by atoms with van der Waals surface area (Å²) in [7, 11) is 0. The molecule has 4 nitrogen and oxygen atoms in total. The van der Waals surface area contributed by atoms with Crippen molar-refractivity contribution in [2.45, 2.75) is 46.0 Å². The molecule has 1 amide bonds. The van der Waals surface area contributed by atoms with Gasteiger partial charge in [-0.25, -0.2) is 0 Å². The van der Waals surface area contributed by atoms with Gasteiger partial charge in [0.1, 0.15) is 0 Å². The van der Waals surface area contributed by atoms with Crippen molar-refractivity contribution in [2.75, 3.05) is 11.9 Å². The number of carbonyl (C=O) groups excluding carboxylic acids is 2. The van der Waals surface area contributed by atoms with Crippen LogP contribution in [0.25, 0.3) is 0 Å². The molecule has 0 saturated carbocycles. The van der Waals surface area contributed by atoms with Crippen LogP contribution in [0.1, 0.15) is 40.7 Å². The lowest BCUT2D eigenvalue weighted by Crippen LogP contribution is -2.22. The second-order valence-corrected chi connectivity index (χ2v) is 7.01. The van der Waals surface area contributed by atoms with Crippen molar-refractivity contribution in [3.8, 4) is 0 Å². The van der Waals surface area contributed by atoms with E-state index in [0.29, 0.717) is 0 Å². The maximum absolute atomic E-state index is 12.1. The van der Waals surface area contributed by atoms with Crippen molar-refractivity contribution in [3.63, 3.8) is 0 Å². The molecule has 0 saturated heterocycles. The molecule has 1 aliphatic rings. The minimum Gasteiger partial charge on any atom is -0.455 e. The predicted octanol–water partition coefficient (Wildman–Crippen LogP) is 3.91. The van der Waals surface area contributed by atoms with E-state index in [2.05, 4.69) is 17.4 Å². The summed E-state index contributed by atoms with van der Waals surface area (Å²) in [6.45, 7) is 3.63. The third-order valence-corrected chi connectivity index (χ3v) is 4.79. The van der Waals surface area contributed by atoms with Crippen molar-refractivity contribution >= 4 is 17.6 Å². The molecule has 1 N–H and O–H groups in total. The van der Waals surface area contributed by atoms with Gasteiger partial charge < -0.3 is 10.1 Å². The first-order valence-electron chi connectivity index (χ1n) is 9.14. The first kappa shape index (κ1) is 18.2. The van der Waals surface area contributed by atoms with Gasteiger partial charge in [0.2, 0.25) is 0 Å². The molecule has 0 unspecified atom stereocenters. The Balaban J connectivity index is 1.50. The van der Waals surface area contributed by atoms with E-state index >= 15 is 0 Å². The lowest BCUT2D eigenvalue weighted by Gasteiger charge is -2.16. The van der Waals surface area contributed by atoms with Crippen LogP contribution in [0, 0.1) is 13.8 Å². The summed E-state index contributed by atoms with van der Waals surface area (Å²) in [5.74, 6) is -0.700. The van der Waals surface area contributed by atoms with E-state index in [1.54, 1.807) is 0 Å². The van der Waals surface area contributed by atoms with Crippen LogP contribution < -0.4 is 5.32 Å². The molecule has 0 aromatic heterocycles. The van der Waals surface area contributed by atoms with Crippen LogP contribution in [0.15, 0.2) is 36.4 Å². The molecule has 136 valence electrons. The molecule has 1 aliphatic carbocycles. The van der Waals surface area contributed by atoms with Gasteiger partial charge in [-0.15, -0.1) is 0 Å². The molecule has 0 radical (unpaired) electrons. The van der Waals surface area contributed by atoms with E-state index < -0.39 is 0 Å². The highest BCUT2D eigenvalue weighted by Crippen LogP contribution is 2.22. The number of nitrogens with one attached hydrogen (secondary N) is 1. The summed E-state index contributed by atoms with van der Waals surface area (Å²) in [6.07, 6.45) is 4.85. The van der Waals surface area contributed by atoms with Gasteiger partial charge in [-0.05, 0) is 73.4 Å². The van der Waals surface area contributed by atoms with Crippen LogP contribution in [0.3, 0.4) is 0 Å². The third kappa shape index (κ3) is 4.72. The van der Waals surface area contributed by atoms with Gasteiger partial charge in [-0.1, -0.05) is 30.3 Å². The van der Waals surface area contributed by atoms with Crippen molar-refractivity contribution in [2.24, 2.45) is 0 Å². The molecule has 0 bridgehead atoms. The normalized spacial score (nSPS) is 13.0. The molecule has 26 heavy (non-hydrogen) atoms. The van der Waals surface area contributed by atoms with Gasteiger partial charge in [-0.2, -0.15) is 0 Å². The SMILES string of the molecule is Cc1ccc(C)c(NC(=O)COC(=O)Cc2ccc3c(c2)CCCC3)c1. The zero-order chi connectivity index (χ0) is 18.5. The van der Waals surface area contributed by atoms with Crippen molar-refractivity contribution in [1.82, 2.24) is 0 Å². The summed E-state index contributed by atoms with van der Waals surface area (Å²) in [6, 6.07) is 12.1. The maximum atomic E-state index is 12.1. The van der Waals surface area contributed by atoms with Crippen LogP contribution in [0.4, 0.5) is 5.69 Å². The van der Waals surface area contributed by atoms with Gasteiger partial charge >= 0.3 is 5.97 Å². The molecule has 0 heterocycles. The average Bonchev–Trinajstić information content (AvgIpc) is 2.63. The fourth-order valence-electron chi connectivity index (χ4n) is 3.32. The number of anilines is 1. The first-order chi connectivity index (χ1) is 12.5. The lowest BCUT2D eigenvalue weighted by molar-refractivity contribution is -0.146. The Labute approximate surface area is 154 Å². The van der Waals surface area contributed by atoms with E-state index in [4.69, 9.17) is 4.74 Å². The summed E-state index contributed by atoms with van der Waals surface area (Å²) in [5, 5.41) is 2.80.